The van der Waals surface area contributed by atoms with Gasteiger partial charge < -0.3 is 19.2 Å². The van der Waals surface area contributed by atoms with Crippen LogP contribution in [-0.4, -0.2) is 26.7 Å². The van der Waals surface area contributed by atoms with Gasteiger partial charge in [0.2, 0.25) is 5.91 Å². The zero-order valence-electron chi connectivity index (χ0n) is 16.7. The summed E-state index contributed by atoms with van der Waals surface area (Å²) >= 11 is 0. The number of hydrogen-bond acceptors (Lipinski definition) is 5. The summed E-state index contributed by atoms with van der Waals surface area (Å²) in [5, 5.41) is 3.30. The molecule has 0 spiro atoms. The van der Waals surface area contributed by atoms with Gasteiger partial charge in [-0.05, 0) is 49.2 Å². The van der Waals surface area contributed by atoms with Crippen LogP contribution in [0.5, 0.6) is 11.5 Å². The SMILES string of the molecule is COc1ccc(CCNC(=O)/C=C/c2coc3ccc(C)cc3c2=O)cc1OC. The Hall–Kier alpha value is -3.54. The van der Waals surface area contributed by atoms with Crippen molar-refractivity contribution in [2.45, 2.75) is 13.3 Å². The number of benzene rings is 2. The van der Waals surface area contributed by atoms with Crippen LogP contribution in [0.15, 0.2) is 57.9 Å². The van der Waals surface area contributed by atoms with Gasteiger partial charge in [-0.1, -0.05) is 17.7 Å². The summed E-state index contributed by atoms with van der Waals surface area (Å²) in [6.45, 7) is 2.36. The second kappa shape index (κ2) is 9.10. The first-order chi connectivity index (χ1) is 14.0. The van der Waals surface area contributed by atoms with Gasteiger partial charge in [0.1, 0.15) is 11.8 Å². The van der Waals surface area contributed by atoms with Crippen molar-refractivity contribution in [1.29, 1.82) is 0 Å². The van der Waals surface area contributed by atoms with Gasteiger partial charge in [-0.2, -0.15) is 0 Å². The largest absolute Gasteiger partial charge is 0.493 e. The molecule has 0 aliphatic rings. The van der Waals surface area contributed by atoms with Gasteiger partial charge >= 0.3 is 0 Å². The standard InChI is InChI=1S/C23H23NO5/c1-15-4-7-19-18(12-15)23(26)17(14-29-19)6-9-22(25)24-11-10-16-5-8-20(27-2)21(13-16)28-3/h4-9,12-14H,10-11H2,1-3H3,(H,24,25)/b9-6+. The van der Waals surface area contributed by atoms with E-state index in [0.29, 0.717) is 41.0 Å². The molecule has 2 aromatic carbocycles. The minimum absolute atomic E-state index is 0.163. The van der Waals surface area contributed by atoms with Crippen LogP contribution in [0.4, 0.5) is 0 Å². The molecule has 0 unspecified atom stereocenters. The molecule has 3 aromatic rings. The van der Waals surface area contributed by atoms with E-state index in [1.54, 1.807) is 26.4 Å². The molecular weight excluding hydrogens is 370 g/mol. The minimum Gasteiger partial charge on any atom is -0.493 e. The summed E-state index contributed by atoms with van der Waals surface area (Å²) in [6, 6.07) is 11.1. The van der Waals surface area contributed by atoms with Crippen molar-refractivity contribution in [2.24, 2.45) is 0 Å². The lowest BCUT2D eigenvalue weighted by molar-refractivity contribution is -0.116. The predicted octanol–water partition coefficient (Wildman–Crippen LogP) is 3.49. The van der Waals surface area contributed by atoms with E-state index in [9.17, 15) is 9.59 Å². The quantitative estimate of drug-likeness (QED) is 0.622. The maximum Gasteiger partial charge on any atom is 0.244 e. The fraction of sp³-hybridized carbons (Fsp3) is 0.217. The lowest BCUT2D eigenvalue weighted by Crippen LogP contribution is -2.23. The van der Waals surface area contributed by atoms with Crippen LogP contribution in [0.3, 0.4) is 0 Å². The lowest BCUT2D eigenvalue weighted by Gasteiger charge is -2.09. The molecule has 0 aliphatic carbocycles. The molecule has 0 saturated carbocycles. The molecule has 0 bridgehead atoms. The third-order valence-electron chi connectivity index (χ3n) is 4.53. The Morgan fingerprint density at radius 3 is 2.66 bits per heavy atom. The fourth-order valence-corrected chi connectivity index (χ4v) is 2.97. The van der Waals surface area contributed by atoms with Crippen LogP contribution < -0.4 is 20.2 Å². The number of fused-ring (bicyclic) bond motifs is 1. The monoisotopic (exact) mass is 393 g/mol. The van der Waals surface area contributed by atoms with Crippen molar-refractivity contribution in [2.75, 3.05) is 20.8 Å². The van der Waals surface area contributed by atoms with Gasteiger partial charge in [0, 0.05) is 12.6 Å². The van der Waals surface area contributed by atoms with Crippen LogP contribution in [0.25, 0.3) is 17.0 Å². The number of amides is 1. The number of methoxy groups -OCH3 is 2. The Balaban J connectivity index is 1.61. The molecule has 1 heterocycles. The Kier molecular flexibility index (Phi) is 6.34. The summed E-state index contributed by atoms with van der Waals surface area (Å²) in [7, 11) is 3.17. The van der Waals surface area contributed by atoms with Gasteiger partial charge in [-0.25, -0.2) is 0 Å². The second-order valence-corrected chi connectivity index (χ2v) is 6.58. The maximum atomic E-state index is 12.5. The number of aryl methyl sites for hydroxylation is 1. The number of carbonyl (C=O) groups is 1. The van der Waals surface area contributed by atoms with E-state index in [1.165, 1.54) is 18.4 Å². The summed E-state index contributed by atoms with van der Waals surface area (Å²) in [6.07, 6.45) is 4.81. The van der Waals surface area contributed by atoms with Crippen LogP contribution in [0.1, 0.15) is 16.7 Å². The highest BCUT2D eigenvalue weighted by Gasteiger charge is 2.07. The van der Waals surface area contributed by atoms with E-state index >= 15 is 0 Å². The van der Waals surface area contributed by atoms with Gasteiger partial charge in [0.05, 0.1) is 25.2 Å². The Labute approximate surface area is 168 Å². The number of nitrogens with one attached hydrogen (secondary N) is 1. The van der Waals surface area contributed by atoms with Crippen molar-refractivity contribution < 1.29 is 18.7 Å². The fourth-order valence-electron chi connectivity index (χ4n) is 2.97. The second-order valence-electron chi connectivity index (χ2n) is 6.58. The zero-order chi connectivity index (χ0) is 20.8. The van der Waals surface area contributed by atoms with E-state index in [4.69, 9.17) is 13.9 Å². The van der Waals surface area contributed by atoms with E-state index in [-0.39, 0.29) is 11.3 Å². The molecular formula is C23H23NO5. The molecule has 6 heteroatoms. The molecule has 1 aromatic heterocycles. The Bertz CT molecular complexity index is 1110. The predicted molar refractivity (Wildman–Crippen MR) is 113 cm³/mol. The third kappa shape index (κ3) is 4.85. The number of ether oxygens (including phenoxy) is 2. The van der Waals surface area contributed by atoms with E-state index in [2.05, 4.69) is 5.32 Å². The van der Waals surface area contributed by atoms with Crippen LogP contribution >= 0.6 is 0 Å². The average molecular weight is 393 g/mol. The molecule has 0 fully saturated rings. The summed E-state index contributed by atoms with van der Waals surface area (Å²) in [4.78, 5) is 24.6. The molecule has 0 aliphatic heterocycles. The molecule has 0 radical (unpaired) electrons. The highest BCUT2D eigenvalue weighted by Crippen LogP contribution is 2.27. The summed E-state index contributed by atoms with van der Waals surface area (Å²) < 4.78 is 16.0. The molecule has 1 amide bonds. The van der Waals surface area contributed by atoms with Crippen molar-refractivity contribution in [1.82, 2.24) is 5.32 Å². The van der Waals surface area contributed by atoms with Crippen molar-refractivity contribution in [3.63, 3.8) is 0 Å². The minimum atomic E-state index is -0.283. The Morgan fingerprint density at radius 2 is 1.90 bits per heavy atom. The third-order valence-corrected chi connectivity index (χ3v) is 4.53. The number of carbonyl (C=O) groups excluding carboxylic acids is 1. The number of hydrogen-bond donors (Lipinski definition) is 1. The van der Waals surface area contributed by atoms with Gasteiger partial charge in [-0.3, -0.25) is 9.59 Å². The van der Waals surface area contributed by atoms with Crippen molar-refractivity contribution >= 4 is 23.0 Å². The van der Waals surface area contributed by atoms with Crippen LogP contribution in [-0.2, 0) is 11.2 Å². The number of rotatable bonds is 7. The highest BCUT2D eigenvalue weighted by atomic mass is 16.5. The van der Waals surface area contributed by atoms with Gasteiger partial charge in [0.15, 0.2) is 16.9 Å². The molecule has 3 rings (SSSR count). The van der Waals surface area contributed by atoms with Crippen LogP contribution in [0.2, 0.25) is 0 Å². The van der Waals surface area contributed by atoms with Gasteiger partial charge in [-0.15, -0.1) is 0 Å². The smallest absolute Gasteiger partial charge is 0.244 e. The molecule has 6 nitrogen and oxygen atoms in total. The first-order valence-electron chi connectivity index (χ1n) is 9.21. The molecule has 150 valence electrons. The summed E-state index contributed by atoms with van der Waals surface area (Å²) in [5.74, 6) is 1.02. The highest BCUT2D eigenvalue weighted by molar-refractivity contribution is 5.92. The molecule has 29 heavy (non-hydrogen) atoms. The zero-order valence-corrected chi connectivity index (χ0v) is 16.7. The first-order valence-corrected chi connectivity index (χ1v) is 9.21. The topological polar surface area (TPSA) is 77.8 Å². The van der Waals surface area contributed by atoms with E-state index in [0.717, 1.165) is 11.1 Å². The molecule has 1 N–H and O–H groups in total. The first kappa shape index (κ1) is 20.2. The van der Waals surface area contributed by atoms with Crippen molar-refractivity contribution in [3.05, 3.63) is 75.7 Å². The molecule has 0 saturated heterocycles. The van der Waals surface area contributed by atoms with E-state index < -0.39 is 0 Å². The Morgan fingerprint density at radius 1 is 1.10 bits per heavy atom. The van der Waals surface area contributed by atoms with E-state index in [1.807, 2.05) is 31.2 Å². The van der Waals surface area contributed by atoms with Gasteiger partial charge in [0.25, 0.3) is 0 Å². The normalized spacial score (nSPS) is 11.0. The summed E-state index contributed by atoms with van der Waals surface area (Å²) in [5.41, 5.74) is 2.68. The van der Waals surface area contributed by atoms with Crippen molar-refractivity contribution in [3.8, 4) is 11.5 Å². The average Bonchev–Trinajstić information content (AvgIpc) is 2.73. The van der Waals surface area contributed by atoms with Crippen LogP contribution in [0, 0.1) is 6.92 Å². The maximum absolute atomic E-state index is 12.5. The molecule has 0 atom stereocenters. The lowest BCUT2D eigenvalue weighted by atomic mass is 10.1.